The fourth-order valence-electron chi connectivity index (χ4n) is 8.14. The van der Waals surface area contributed by atoms with Gasteiger partial charge in [-0.3, -0.25) is 4.79 Å². The molecule has 0 aromatic rings. The Bertz CT molecular complexity index is 1220. The molecule has 0 aromatic carbocycles. The lowest BCUT2D eigenvalue weighted by molar-refractivity contribution is -0.359. The zero-order valence-corrected chi connectivity index (χ0v) is 39.5. The minimum atomic E-state index is -1.79. The van der Waals surface area contributed by atoms with E-state index in [4.69, 9.17) is 18.9 Å². The standard InChI is InChI=1S/C50H91NO13/c1-3-5-7-9-11-13-15-17-19-20-21-23-25-27-29-31-33-39(54)38(51-42(55)34-32-30-28-26-24-22-18-16-14-12-10-8-6-4-2)37-61-49-47(60)45(58)48(41(36-53)63-49)64-50-46(59)44(57)43(56)40(35-52)62-50/h17,19,23,25,31,33,38-41,43-50,52-54,56-60H,3-16,18,20-22,24,26-30,32,34-37H2,1-2H3,(H,51,55)/b19-17+,25-23+,33-31+. The van der Waals surface area contributed by atoms with E-state index < -0.39 is 86.8 Å². The van der Waals surface area contributed by atoms with Gasteiger partial charge in [-0.1, -0.05) is 166 Å². The lowest BCUT2D eigenvalue weighted by atomic mass is 9.97. The van der Waals surface area contributed by atoms with Crippen LogP contribution in [0.15, 0.2) is 36.5 Å². The van der Waals surface area contributed by atoms with Crippen LogP contribution in [-0.4, -0.2) is 140 Å². The summed E-state index contributed by atoms with van der Waals surface area (Å²) in [6, 6.07) is -0.933. The van der Waals surface area contributed by atoms with Gasteiger partial charge in [0, 0.05) is 6.42 Å². The molecule has 2 heterocycles. The van der Waals surface area contributed by atoms with Crippen LogP contribution >= 0.6 is 0 Å². The minimum Gasteiger partial charge on any atom is -0.394 e. The van der Waals surface area contributed by atoms with Gasteiger partial charge in [0.15, 0.2) is 12.6 Å². The predicted molar refractivity (Wildman–Crippen MR) is 249 cm³/mol. The number of carbonyl (C=O) groups excluding carboxylic acids is 1. The molecule has 0 bridgehead atoms. The van der Waals surface area contributed by atoms with Crippen molar-refractivity contribution in [2.45, 2.75) is 254 Å². The van der Waals surface area contributed by atoms with E-state index in [0.29, 0.717) is 12.8 Å². The first kappa shape index (κ1) is 58.3. The number of amides is 1. The van der Waals surface area contributed by atoms with Gasteiger partial charge in [0.2, 0.25) is 5.91 Å². The van der Waals surface area contributed by atoms with Crippen molar-refractivity contribution in [3.8, 4) is 0 Å². The van der Waals surface area contributed by atoms with Crippen molar-refractivity contribution < 1.29 is 64.6 Å². The van der Waals surface area contributed by atoms with Crippen LogP contribution in [0, 0.1) is 0 Å². The fraction of sp³-hybridized carbons (Fsp3) is 0.860. The van der Waals surface area contributed by atoms with Gasteiger partial charge in [-0.15, -0.1) is 0 Å². The summed E-state index contributed by atoms with van der Waals surface area (Å²) in [6.45, 7) is 2.74. The zero-order chi connectivity index (χ0) is 46.8. The molecular formula is C50H91NO13. The average molecular weight is 914 g/mol. The third-order valence-electron chi connectivity index (χ3n) is 12.3. The fourth-order valence-corrected chi connectivity index (χ4v) is 8.14. The van der Waals surface area contributed by atoms with Crippen LogP contribution in [0.3, 0.4) is 0 Å². The number of carbonyl (C=O) groups is 1. The van der Waals surface area contributed by atoms with Gasteiger partial charge in [0.25, 0.3) is 0 Å². The Labute approximate surface area is 385 Å². The summed E-state index contributed by atoms with van der Waals surface area (Å²) < 4.78 is 22.7. The minimum absolute atomic E-state index is 0.254. The zero-order valence-electron chi connectivity index (χ0n) is 39.5. The Balaban J connectivity index is 1.89. The van der Waals surface area contributed by atoms with Gasteiger partial charge in [-0.05, 0) is 44.9 Å². The molecule has 0 radical (unpaired) electrons. The lowest BCUT2D eigenvalue weighted by Gasteiger charge is -2.46. The van der Waals surface area contributed by atoms with Crippen molar-refractivity contribution >= 4 is 5.91 Å². The molecule has 1 amide bonds. The lowest BCUT2D eigenvalue weighted by Crippen LogP contribution is -2.65. The number of unbranched alkanes of at least 4 members (excludes halogenated alkanes) is 21. The molecule has 0 saturated carbocycles. The molecule has 14 nitrogen and oxygen atoms in total. The van der Waals surface area contributed by atoms with Crippen LogP contribution in [0.25, 0.3) is 0 Å². The highest BCUT2D eigenvalue weighted by atomic mass is 16.7. The number of ether oxygens (including phenoxy) is 4. The first-order valence-corrected chi connectivity index (χ1v) is 25.2. The molecule has 14 heteroatoms. The summed E-state index contributed by atoms with van der Waals surface area (Å²) in [7, 11) is 0. The Morgan fingerprint density at radius 3 is 1.53 bits per heavy atom. The predicted octanol–water partition coefficient (Wildman–Crippen LogP) is 6.32. The van der Waals surface area contributed by atoms with Crippen LogP contribution in [0.2, 0.25) is 0 Å². The molecule has 0 aromatic heterocycles. The molecule has 2 aliphatic rings. The summed E-state index contributed by atoms with van der Waals surface area (Å²) in [6.07, 6.45) is 24.7. The van der Waals surface area contributed by atoms with Gasteiger partial charge < -0.3 is 65.1 Å². The molecule has 2 rings (SSSR count). The molecule has 64 heavy (non-hydrogen) atoms. The highest BCUT2D eigenvalue weighted by Gasteiger charge is 2.51. The number of aliphatic hydroxyl groups is 8. The Hall–Kier alpha value is -1.79. The van der Waals surface area contributed by atoms with Crippen LogP contribution in [0.5, 0.6) is 0 Å². The van der Waals surface area contributed by atoms with Crippen molar-refractivity contribution in [1.29, 1.82) is 0 Å². The number of nitrogens with one attached hydrogen (secondary N) is 1. The van der Waals surface area contributed by atoms with E-state index in [1.54, 1.807) is 6.08 Å². The third-order valence-corrected chi connectivity index (χ3v) is 12.3. The van der Waals surface area contributed by atoms with E-state index in [2.05, 4.69) is 43.5 Å². The van der Waals surface area contributed by atoms with Crippen molar-refractivity contribution in [3.05, 3.63) is 36.5 Å². The first-order chi connectivity index (χ1) is 31.1. The van der Waals surface area contributed by atoms with E-state index in [0.717, 1.165) is 44.9 Å². The summed E-state index contributed by atoms with van der Waals surface area (Å²) in [4.78, 5) is 13.1. The molecule has 12 atom stereocenters. The second-order valence-corrected chi connectivity index (χ2v) is 17.9. The van der Waals surface area contributed by atoms with Crippen molar-refractivity contribution in [3.63, 3.8) is 0 Å². The van der Waals surface area contributed by atoms with E-state index in [1.165, 1.54) is 103 Å². The largest absolute Gasteiger partial charge is 0.394 e. The maximum atomic E-state index is 13.1. The highest BCUT2D eigenvalue weighted by Crippen LogP contribution is 2.30. The van der Waals surface area contributed by atoms with Crippen LogP contribution in [0.1, 0.15) is 181 Å². The van der Waals surface area contributed by atoms with E-state index in [1.807, 2.05) is 6.08 Å². The Morgan fingerprint density at radius 2 is 1.00 bits per heavy atom. The van der Waals surface area contributed by atoms with Gasteiger partial charge in [0.1, 0.15) is 48.8 Å². The normalized spacial score (nSPS) is 27.5. The monoisotopic (exact) mass is 914 g/mol. The van der Waals surface area contributed by atoms with Crippen molar-refractivity contribution in [2.75, 3.05) is 19.8 Å². The molecule has 374 valence electrons. The summed E-state index contributed by atoms with van der Waals surface area (Å²) >= 11 is 0. The van der Waals surface area contributed by atoms with Crippen LogP contribution < -0.4 is 5.32 Å². The van der Waals surface area contributed by atoms with E-state index >= 15 is 0 Å². The molecule has 2 saturated heterocycles. The maximum Gasteiger partial charge on any atom is 0.220 e. The Morgan fingerprint density at radius 1 is 0.547 bits per heavy atom. The van der Waals surface area contributed by atoms with E-state index in [9.17, 15) is 45.6 Å². The number of hydrogen-bond donors (Lipinski definition) is 9. The maximum absolute atomic E-state index is 13.1. The SMILES string of the molecule is CCCCCCCC/C=C/CC/C=C/CC/C=C/C(O)C(COC1OC(CO)C(OC2OC(CO)C(O)C(O)C2O)C(O)C1O)NC(=O)CCCCCCCCCCCCCCCC. The number of rotatable bonds is 38. The molecule has 9 N–H and O–H groups in total. The van der Waals surface area contributed by atoms with Crippen molar-refractivity contribution in [1.82, 2.24) is 5.32 Å². The molecule has 2 fully saturated rings. The number of hydrogen-bond acceptors (Lipinski definition) is 13. The summed E-state index contributed by atoms with van der Waals surface area (Å²) in [5.41, 5.74) is 0. The third kappa shape index (κ3) is 24.3. The van der Waals surface area contributed by atoms with Crippen molar-refractivity contribution in [2.24, 2.45) is 0 Å². The Kier molecular flexibility index (Phi) is 33.9. The highest BCUT2D eigenvalue weighted by molar-refractivity contribution is 5.76. The van der Waals surface area contributed by atoms with Crippen LogP contribution in [0.4, 0.5) is 0 Å². The summed E-state index contributed by atoms with van der Waals surface area (Å²) in [5, 5.41) is 86.6. The number of aliphatic hydroxyl groups excluding tert-OH is 8. The van der Waals surface area contributed by atoms with Gasteiger partial charge in [0.05, 0.1) is 32.0 Å². The molecule has 2 aliphatic heterocycles. The first-order valence-electron chi connectivity index (χ1n) is 25.2. The molecular weight excluding hydrogens is 823 g/mol. The molecule has 12 unspecified atom stereocenters. The van der Waals surface area contributed by atoms with Gasteiger partial charge in [-0.25, -0.2) is 0 Å². The second kappa shape index (κ2) is 37.2. The molecule has 0 aliphatic carbocycles. The smallest absolute Gasteiger partial charge is 0.220 e. The van der Waals surface area contributed by atoms with Crippen LogP contribution in [-0.2, 0) is 23.7 Å². The summed E-state index contributed by atoms with van der Waals surface area (Å²) in [5.74, 6) is -0.254. The van der Waals surface area contributed by atoms with Gasteiger partial charge >= 0.3 is 0 Å². The molecule has 0 spiro atoms. The van der Waals surface area contributed by atoms with Gasteiger partial charge in [-0.2, -0.15) is 0 Å². The van der Waals surface area contributed by atoms with E-state index in [-0.39, 0.29) is 18.9 Å². The number of allylic oxidation sites excluding steroid dienone is 5. The average Bonchev–Trinajstić information content (AvgIpc) is 3.29. The second-order valence-electron chi connectivity index (χ2n) is 17.9. The topological polar surface area (TPSA) is 228 Å². The quantitative estimate of drug-likeness (QED) is 0.0244.